The zero-order chi connectivity index (χ0) is 19.6. The second kappa shape index (κ2) is 7.87. The fraction of sp³-hybridized carbons (Fsp3) is 0.476. The van der Waals surface area contributed by atoms with Crippen LogP contribution < -0.4 is 15.0 Å². The summed E-state index contributed by atoms with van der Waals surface area (Å²) in [5, 5.41) is 8.00. The van der Waals surface area contributed by atoms with Crippen molar-refractivity contribution < 1.29 is 4.74 Å². The summed E-state index contributed by atoms with van der Waals surface area (Å²) < 4.78 is 7.11. The number of fused-ring (bicyclic) bond motifs is 2. The predicted octanol–water partition coefficient (Wildman–Crippen LogP) is 1.86. The average Bonchev–Trinajstić information content (AvgIpc) is 3.43. The lowest BCUT2D eigenvalue weighted by atomic mass is 10.2. The minimum absolute atomic E-state index is 0.696. The van der Waals surface area contributed by atoms with E-state index in [4.69, 9.17) is 4.74 Å². The zero-order valence-electron chi connectivity index (χ0n) is 16.8. The van der Waals surface area contributed by atoms with Gasteiger partial charge < -0.3 is 15.0 Å². The number of benzene rings is 1. The third-order valence-corrected chi connectivity index (χ3v) is 5.98. The smallest absolute Gasteiger partial charge is 0.254 e. The monoisotopic (exact) mass is 393 g/mol. The van der Waals surface area contributed by atoms with Gasteiger partial charge in [-0.15, -0.1) is 0 Å². The standard InChI is InChI=1S/C21H27N7O/c1-29-17-7-5-16(6-8-17)27-13-11-26(12-14-27)10-9-22-20-18-3-2-4-19(18)25-21-23-15-24-28(20)21/h5-8,15,22H,2-4,9-14H2,1H3. The molecule has 1 fully saturated rings. The Hall–Kier alpha value is -2.87. The van der Waals surface area contributed by atoms with Gasteiger partial charge in [0.05, 0.1) is 12.8 Å². The van der Waals surface area contributed by atoms with Gasteiger partial charge in [-0.2, -0.15) is 14.6 Å². The molecule has 5 rings (SSSR count). The lowest BCUT2D eigenvalue weighted by Crippen LogP contribution is -2.47. The molecule has 0 bridgehead atoms. The predicted molar refractivity (Wildman–Crippen MR) is 113 cm³/mol. The highest BCUT2D eigenvalue weighted by atomic mass is 16.5. The van der Waals surface area contributed by atoms with E-state index in [2.05, 4.69) is 42.3 Å². The first-order valence-electron chi connectivity index (χ1n) is 10.4. The van der Waals surface area contributed by atoms with E-state index >= 15 is 0 Å². The summed E-state index contributed by atoms with van der Waals surface area (Å²) in [7, 11) is 1.70. The third kappa shape index (κ3) is 3.60. The Kier molecular flexibility index (Phi) is 4.93. The van der Waals surface area contributed by atoms with Gasteiger partial charge in [-0.3, -0.25) is 4.90 Å². The van der Waals surface area contributed by atoms with E-state index in [0.29, 0.717) is 5.78 Å². The van der Waals surface area contributed by atoms with Crippen LogP contribution >= 0.6 is 0 Å². The van der Waals surface area contributed by atoms with Crippen LogP contribution in [0.1, 0.15) is 17.7 Å². The molecule has 1 saturated heterocycles. The topological polar surface area (TPSA) is 70.8 Å². The minimum Gasteiger partial charge on any atom is -0.497 e. The number of piperazine rings is 1. The molecular weight excluding hydrogens is 366 g/mol. The highest BCUT2D eigenvalue weighted by Crippen LogP contribution is 2.27. The maximum atomic E-state index is 5.26. The van der Waals surface area contributed by atoms with Gasteiger partial charge in [0.2, 0.25) is 0 Å². The van der Waals surface area contributed by atoms with Crippen LogP contribution in [0.5, 0.6) is 5.75 Å². The Labute approximate surface area is 170 Å². The fourth-order valence-corrected chi connectivity index (χ4v) is 4.36. The molecule has 152 valence electrons. The van der Waals surface area contributed by atoms with Crippen LogP contribution in [-0.2, 0) is 12.8 Å². The molecule has 1 aliphatic heterocycles. The van der Waals surface area contributed by atoms with E-state index in [9.17, 15) is 0 Å². The number of nitrogens with zero attached hydrogens (tertiary/aromatic N) is 6. The Bertz CT molecular complexity index is 977. The van der Waals surface area contributed by atoms with E-state index in [1.807, 2.05) is 16.6 Å². The summed E-state index contributed by atoms with van der Waals surface area (Å²) in [4.78, 5) is 13.9. The Morgan fingerprint density at radius 2 is 1.90 bits per heavy atom. The van der Waals surface area contributed by atoms with Crippen molar-refractivity contribution in [2.24, 2.45) is 0 Å². The first kappa shape index (κ1) is 18.2. The van der Waals surface area contributed by atoms with Crippen molar-refractivity contribution >= 4 is 17.3 Å². The second-order valence-electron chi connectivity index (χ2n) is 7.66. The molecule has 0 amide bonds. The number of anilines is 2. The number of hydrogen-bond donors (Lipinski definition) is 1. The largest absolute Gasteiger partial charge is 0.497 e. The number of ether oxygens (including phenoxy) is 1. The molecule has 8 nitrogen and oxygen atoms in total. The summed E-state index contributed by atoms with van der Waals surface area (Å²) in [5.41, 5.74) is 3.76. The summed E-state index contributed by atoms with van der Waals surface area (Å²) in [5.74, 6) is 2.68. The first-order chi connectivity index (χ1) is 14.3. The molecule has 3 aromatic rings. The van der Waals surface area contributed by atoms with Crippen LogP contribution in [0, 0.1) is 0 Å². The highest BCUT2D eigenvalue weighted by molar-refractivity contribution is 5.54. The van der Waals surface area contributed by atoms with Crippen LogP contribution in [0.4, 0.5) is 11.5 Å². The van der Waals surface area contributed by atoms with Crippen LogP contribution in [0.25, 0.3) is 5.78 Å². The SMILES string of the molecule is COc1ccc(N2CCN(CCNc3c4c(nc5ncnn35)CCC4)CC2)cc1. The lowest BCUT2D eigenvalue weighted by Gasteiger charge is -2.36. The fourth-order valence-electron chi connectivity index (χ4n) is 4.36. The lowest BCUT2D eigenvalue weighted by molar-refractivity contribution is 0.267. The van der Waals surface area contributed by atoms with E-state index in [0.717, 1.165) is 70.1 Å². The first-order valence-corrected chi connectivity index (χ1v) is 10.4. The number of aromatic nitrogens is 4. The molecule has 29 heavy (non-hydrogen) atoms. The summed E-state index contributed by atoms with van der Waals surface area (Å²) in [6.45, 7) is 6.15. The van der Waals surface area contributed by atoms with Gasteiger partial charge in [-0.1, -0.05) is 0 Å². The second-order valence-corrected chi connectivity index (χ2v) is 7.66. The summed E-state index contributed by atoms with van der Waals surface area (Å²) in [6.07, 6.45) is 4.86. The number of aryl methyl sites for hydroxylation is 1. The van der Waals surface area contributed by atoms with E-state index in [1.165, 1.54) is 16.9 Å². The van der Waals surface area contributed by atoms with Crippen molar-refractivity contribution in [2.75, 3.05) is 56.6 Å². The van der Waals surface area contributed by atoms with E-state index in [1.54, 1.807) is 13.4 Å². The molecule has 8 heteroatoms. The Morgan fingerprint density at radius 3 is 2.69 bits per heavy atom. The molecule has 1 N–H and O–H groups in total. The molecule has 2 aliphatic rings. The Balaban J connectivity index is 1.17. The van der Waals surface area contributed by atoms with Crippen molar-refractivity contribution in [1.82, 2.24) is 24.5 Å². The molecule has 3 heterocycles. The molecule has 0 radical (unpaired) electrons. The molecule has 1 aromatic carbocycles. The maximum absolute atomic E-state index is 5.26. The molecular formula is C21H27N7O. The van der Waals surface area contributed by atoms with E-state index in [-0.39, 0.29) is 0 Å². The van der Waals surface area contributed by atoms with Crippen molar-refractivity contribution in [3.8, 4) is 5.75 Å². The molecule has 0 saturated carbocycles. The molecule has 1 aliphatic carbocycles. The van der Waals surface area contributed by atoms with Gasteiger partial charge in [0.25, 0.3) is 5.78 Å². The van der Waals surface area contributed by atoms with Crippen molar-refractivity contribution in [1.29, 1.82) is 0 Å². The molecule has 0 atom stereocenters. The van der Waals surface area contributed by atoms with Crippen molar-refractivity contribution in [3.63, 3.8) is 0 Å². The van der Waals surface area contributed by atoms with Gasteiger partial charge >= 0.3 is 0 Å². The minimum atomic E-state index is 0.696. The number of methoxy groups -OCH3 is 1. The number of hydrogen-bond acceptors (Lipinski definition) is 7. The van der Waals surface area contributed by atoms with Gasteiger partial charge in [0.1, 0.15) is 17.9 Å². The average molecular weight is 393 g/mol. The van der Waals surface area contributed by atoms with Crippen LogP contribution in [-0.4, -0.2) is 70.9 Å². The normalized spacial score (nSPS) is 16.9. The summed E-state index contributed by atoms with van der Waals surface area (Å²) in [6, 6.07) is 8.35. The molecule has 2 aromatic heterocycles. The maximum Gasteiger partial charge on any atom is 0.254 e. The third-order valence-electron chi connectivity index (χ3n) is 5.98. The Morgan fingerprint density at radius 1 is 1.07 bits per heavy atom. The van der Waals surface area contributed by atoms with Crippen molar-refractivity contribution in [2.45, 2.75) is 19.3 Å². The highest BCUT2D eigenvalue weighted by Gasteiger charge is 2.21. The molecule has 0 spiro atoms. The van der Waals surface area contributed by atoms with Crippen LogP contribution in [0.3, 0.4) is 0 Å². The number of nitrogens with one attached hydrogen (secondary N) is 1. The van der Waals surface area contributed by atoms with Gasteiger partial charge in [-0.05, 0) is 43.5 Å². The summed E-state index contributed by atoms with van der Waals surface area (Å²) >= 11 is 0. The van der Waals surface area contributed by atoms with Gasteiger partial charge in [0.15, 0.2) is 0 Å². The van der Waals surface area contributed by atoms with E-state index < -0.39 is 0 Å². The van der Waals surface area contributed by atoms with Crippen LogP contribution in [0.2, 0.25) is 0 Å². The van der Waals surface area contributed by atoms with Gasteiger partial charge in [0, 0.05) is 50.5 Å². The quantitative estimate of drug-likeness (QED) is 0.685. The zero-order valence-corrected chi connectivity index (χ0v) is 16.8. The number of rotatable bonds is 6. The van der Waals surface area contributed by atoms with Crippen LogP contribution in [0.15, 0.2) is 30.6 Å². The molecule has 0 unspecified atom stereocenters. The van der Waals surface area contributed by atoms with Crippen molar-refractivity contribution in [3.05, 3.63) is 41.9 Å². The van der Waals surface area contributed by atoms with Gasteiger partial charge in [-0.25, -0.2) is 4.98 Å².